The third kappa shape index (κ3) is 3.61. The lowest BCUT2D eigenvalue weighted by Gasteiger charge is -2.06. The first-order valence-corrected chi connectivity index (χ1v) is 7.88. The fourth-order valence-corrected chi connectivity index (χ4v) is 2.77. The Kier molecular flexibility index (Phi) is 4.66. The molecule has 0 aliphatic rings. The maximum absolute atomic E-state index is 12.5. The lowest BCUT2D eigenvalue weighted by Crippen LogP contribution is -2.11. The number of aromatic nitrogens is 2. The number of benzene rings is 2. The van der Waals surface area contributed by atoms with E-state index in [2.05, 4.69) is 14.9 Å². The Morgan fingerprint density at radius 2 is 2.04 bits per heavy atom. The van der Waals surface area contributed by atoms with Gasteiger partial charge in [0.1, 0.15) is 16.3 Å². The zero-order chi connectivity index (χ0) is 17.8. The molecule has 25 heavy (non-hydrogen) atoms. The third-order valence-corrected chi connectivity index (χ3v) is 4.08. The standard InChI is InChI=1S/C16H12N4O4S/c1-24-13-7-2-4-10(8-13)14-15(25-19-18-14)16(21)17-11-5-3-6-12(9-11)20(22)23/h2-9H,1H3,(H,17,21). The van der Waals surface area contributed by atoms with Crippen molar-refractivity contribution in [3.05, 3.63) is 63.5 Å². The molecule has 0 aliphatic heterocycles. The average molecular weight is 356 g/mol. The molecular formula is C16H12N4O4S. The van der Waals surface area contributed by atoms with E-state index >= 15 is 0 Å². The summed E-state index contributed by atoms with van der Waals surface area (Å²) in [5.41, 5.74) is 1.33. The van der Waals surface area contributed by atoms with Gasteiger partial charge in [-0.15, -0.1) is 5.10 Å². The van der Waals surface area contributed by atoms with Crippen LogP contribution in [0.15, 0.2) is 48.5 Å². The van der Waals surface area contributed by atoms with Gasteiger partial charge in [-0.25, -0.2) is 0 Å². The summed E-state index contributed by atoms with van der Waals surface area (Å²) in [5, 5.41) is 17.5. The van der Waals surface area contributed by atoms with Gasteiger partial charge >= 0.3 is 0 Å². The van der Waals surface area contributed by atoms with E-state index in [0.717, 1.165) is 11.5 Å². The predicted octanol–water partition coefficient (Wildman–Crippen LogP) is 3.37. The summed E-state index contributed by atoms with van der Waals surface area (Å²) in [4.78, 5) is 23.1. The Morgan fingerprint density at radius 1 is 1.24 bits per heavy atom. The van der Waals surface area contributed by atoms with Crippen LogP contribution < -0.4 is 10.1 Å². The summed E-state index contributed by atoms with van der Waals surface area (Å²) in [7, 11) is 1.55. The van der Waals surface area contributed by atoms with Gasteiger partial charge in [0, 0.05) is 23.4 Å². The maximum atomic E-state index is 12.5. The van der Waals surface area contributed by atoms with Crippen LogP contribution in [0.2, 0.25) is 0 Å². The number of nitrogens with zero attached hydrogens (tertiary/aromatic N) is 3. The van der Waals surface area contributed by atoms with Gasteiger partial charge < -0.3 is 10.1 Å². The summed E-state index contributed by atoms with van der Waals surface area (Å²) >= 11 is 0.948. The molecule has 3 rings (SSSR count). The number of nitro groups is 1. The highest BCUT2D eigenvalue weighted by atomic mass is 32.1. The number of rotatable bonds is 5. The zero-order valence-electron chi connectivity index (χ0n) is 13.0. The Balaban J connectivity index is 1.88. The number of hydrogen-bond donors (Lipinski definition) is 1. The number of carbonyl (C=O) groups excluding carboxylic acids is 1. The van der Waals surface area contributed by atoms with Gasteiger partial charge in [0.15, 0.2) is 0 Å². The van der Waals surface area contributed by atoms with Crippen molar-refractivity contribution in [3.63, 3.8) is 0 Å². The minimum atomic E-state index is -0.522. The molecule has 1 amide bonds. The number of methoxy groups -OCH3 is 1. The summed E-state index contributed by atoms with van der Waals surface area (Å²) < 4.78 is 9.02. The van der Waals surface area contributed by atoms with Crippen molar-refractivity contribution < 1.29 is 14.5 Å². The summed E-state index contributed by atoms with van der Waals surface area (Å²) in [6, 6.07) is 12.8. The van der Waals surface area contributed by atoms with Crippen molar-refractivity contribution in [2.75, 3.05) is 12.4 Å². The molecule has 2 aromatic carbocycles. The lowest BCUT2D eigenvalue weighted by atomic mass is 10.1. The van der Waals surface area contributed by atoms with Crippen LogP contribution in [0.25, 0.3) is 11.3 Å². The van der Waals surface area contributed by atoms with Gasteiger partial charge in [-0.05, 0) is 29.7 Å². The Bertz CT molecular complexity index is 941. The molecule has 8 nitrogen and oxygen atoms in total. The molecule has 0 aliphatic carbocycles. The van der Waals surface area contributed by atoms with Crippen LogP contribution >= 0.6 is 11.5 Å². The van der Waals surface area contributed by atoms with E-state index in [0.29, 0.717) is 27.6 Å². The topological polar surface area (TPSA) is 107 Å². The molecule has 0 unspecified atom stereocenters. The molecule has 1 N–H and O–H groups in total. The van der Waals surface area contributed by atoms with Gasteiger partial charge in [-0.3, -0.25) is 14.9 Å². The first-order chi connectivity index (χ1) is 12.1. The van der Waals surface area contributed by atoms with Crippen LogP contribution in [-0.4, -0.2) is 27.5 Å². The van der Waals surface area contributed by atoms with Crippen LogP contribution in [0.1, 0.15) is 9.67 Å². The zero-order valence-corrected chi connectivity index (χ0v) is 13.8. The number of nitrogens with one attached hydrogen (secondary N) is 1. The molecule has 0 atom stereocenters. The Hall–Kier alpha value is -3.33. The van der Waals surface area contributed by atoms with Crippen molar-refractivity contribution in [3.8, 4) is 17.0 Å². The lowest BCUT2D eigenvalue weighted by molar-refractivity contribution is -0.384. The van der Waals surface area contributed by atoms with E-state index in [4.69, 9.17) is 4.74 Å². The largest absolute Gasteiger partial charge is 0.497 e. The highest BCUT2D eigenvalue weighted by Gasteiger charge is 2.19. The third-order valence-electron chi connectivity index (χ3n) is 3.35. The summed E-state index contributed by atoms with van der Waals surface area (Å²) in [5.74, 6) is 0.198. The van der Waals surface area contributed by atoms with Gasteiger partial charge in [0.2, 0.25) is 0 Å². The van der Waals surface area contributed by atoms with Crippen LogP contribution in [-0.2, 0) is 0 Å². The number of amides is 1. The number of anilines is 1. The Morgan fingerprint density at radius 3 is 2.80 bits per heavy atom. The molecule has 126 valence electrons. The molecule has 0 saturated carbocycles. The minimum absolute atomic E-state index is 0.103. The highest BCUT2D eigenvalue weighted by molar-refractivity contribution is 7.08. The molecule has 0 saturated heterocycles. The van der Waals surface area contributed by atoms with Crippen LogP contribution in [0.4, 0.5) is 11.4 Å². The number of nitro benzene ring substituents is 1. The van der Waals surface area contributed by atoms with Crippen molar-refractivity contribution in [1.29, 1.82) is 0 Å². The molecule has 3 aromatic rings. The van der Waals surface area contributed by atoms with Gasteiger partial charge in [-0.1, -0.05) is 22.7 Å². The fraction of sp³-hybridized carbons (Fsp3) is 0.0625. The molecule has 0 fully saturated rings. The van der Waals surface area contributed by atoms with Crippen LogP contribution in [0.3, 0.4) is 0 Å². The van der Waals surface area contributed by atoms with E-state index in [9.17, 15) is 14.9 Å². The molecule has 0 radical (unpaired) electrons. The molecule has 1 aromatic heterocycles. The van der Waals surface area contributed by atoms with E-state index in [-0.39, 0.29) is 5.69 Å². The monoisotopic (exact) mass is 356 g/mol. The second-order valence-electron chi connectivity index (χ2n) is 4.94. The second kappa shape index (κ2) is 7.05. The maximum Gasteiger partial charge on any atom is 0.271 e. The quantitative estimate of drug-likeness (QED) is 0.555. The first kappa shape index (κ1) is 16.5. The molecule has 0 spiro atoms. The normalized spacial score (nSPS) is 10.3. The minimum Gasteiger partial charge on any atom is -0.497 e. The number of non-ortho nitro benzene ring substituents is 1. The Labute approximate surface area is 146 Å². The van der Waals surface area contributed by atoms with Gasteiger partial charge in [0.05, 0.1) is 12.0 Å². The molecular weight excluding hydrogens is 344 g/mol. The SMILES string of the molecule is COc1cccc(-c2nnsc2C(=O)Nc2cccc([N+](=O)[O-])c2)c1. The molecule has 1 heterocycles. The summed E-state index contributed by atoms with van der Waals surface area (Å²) in [6.45, 7) is 0. The first-order valence-electron chi connectivity index (χ1n) is 7.11. The van der Waals surface area contributed by atoms with E-state index in [1.54, 1.807) is 37.4 Å². The van der Waals surface area contributed by atoms with E-state index < -0.39 is 10.8 Å². The van der Waals surface area contributed by atoms with E-state index in [1.807, 2.05) is 0 Å². The molecule has 9 heteroatoms. The van der Waals surface area contributed by atoms with E-state index in [1.165, 1.54) is 18.2 Å². The smallest absolute Gasteiger partial charge is 0.271 e. The van der Waals surface area contributed by atoms with Crippen molar-refractivity contribution >= 4 is 28.8 Å². The van der Waals surface area contributed by atoms with Crippen LogP contribution in [0.5, 0.6) is 5.75 Å². The van der Waals surface area contributed by atoms with Crippen molar-refractivity contribution in [2.45, 2.75) is 0 Å². The van der Waals surface area contributed by atoms with Crippen molar-refractivity contribution in [2.24, 2.45) is 0 Å². The van der Waals surface area contributed by atoms with Gasteiger partial charge in [-0.2, -0.15) is 0 Å². The van der Waals surface area contributed by atoms with Crippen LogP contribution in [0, 0.1) is 10.1 Å². The predicted molar refractivity (Wildman–Crippen MR) is 92.9 cm³/mol. The second-order valence-corrected chi connectivity index (χ2v) is 5.70. The summed E-state index contributed by atoms with van der Waals surface area (Å²) in [6.07, 6.45) is 0. The fourth-order valence-electron chi connectivity index (χ4n) is 2.18. The average Bonchev–Trinajstić information content (AvgIpc) is 3.12. The number of hydrogen-bond acceptors (Lipinski definition) is 7. The highest BCUT2D eigenvalue weighted by Crippen LogP contribution is 2.28. The molecule has 0 bridgehead atoms. The number of carbonyl (C=O) groups is 1. The van der Waals surface area contributed by atoms with Crippen molar-refractivity contribution in [1.82, 2.24) is 9.59 Å². The van der Waals surface area contributed by atoms with Gasteiger partial charge in [0.25, 0.3) is 11.6 Å². The number of ether oxygens (including phenoxy) is 1.